The zero-order valence-corrected chi connectivity index (χ0v) is 19.8. The Kier molecular flexibility index (Phi) is 5.97. The van der Waals surface area contributed by atoms with Crippen LogP contribution in [0.2, 0.25) is 0 Å². The van der Waals surface area contributed by atoms with Gasteiger partial charge >= 0.3 is 12.1 Å². The number of carboxylic acids is 1. The zero-order chi connectivity index (χ0) is 22.9. The molecule has 0 bridgehead atoms. The van der Waals surface area contributed by atoms with Gasteiger partial charge in [-0.15, -0.1) is 0 Å². The van der Waals surface area contributed by atoms with Crippen molar-refractivity contribution in [3.8, 4) is 16.9 Å². The van der Waals surface area contributed by atoms with Crippen LogP contribution in [0.1, 0.15) is 23.5 Å². The molecular formula is C26H22INO5. The number of amides is 1. The number of nitrogens with zero attached hydrogens (tertiary/aromatic N) is 1. The van der Waals surface area contributed by atoms with E-state index in [-0.39, 0.29) is 25.5 Å². The number of aliphatic carboxylic acids is 1. The minimum absolute atomic E-state index is 0.0777. The Labute approximate surface area is 205 Å². The number of rotatable bonds is 5. The van der Waals surface area contributed by atoms with Gasteiger partial charge in [0.1, 0.15) is 24.5 Å². The predicted molar refractivity (Wildman–Crippen MR) is 131 cm³/mol. The van der Waals surface area contributed by atoms with Crippen LogP contribution in [0.15, 0.2) is 72.8 Å². The summed E-state index contributed by atoms with van der Waals surface area (Å²) in [5.41, 5.74) is 4.51. The molecule has 0 unspecified atom stereocenters. The lowest BCUT2D eigenvalue weighted by atomic mass is 9.98. The van der Waals surface area contributed by atoms with E-state index in [1.54, 1.807) is 0 Å². The fourth-order valence-corrected chi connectivity index (χ4v) is 5.06. The first-order valence-corrected chi connectivity index (χ1v) is 11.9. The van der Waals surface area contributed by atoms with Crippen molar-refractivity contribution < 1.29 is 24.2 Å². The minimum Gasteiger partial charge on any atom is -0.488 e. The molecule has 1 saturated heterocycles. The Morgan fingerprint density at radius 3 is 2.15 bits per heavy atom. The molecular weight excluding hydrogens is 533 g/mol. The van der Waals surface area contributed by atoms with E-state index in [1.165, 1.54) is 4.90 Å². The second-order valence-corrected chi connectivity index (χ2v) is 9.49. The van der Waals surface area contributed by atoms with Gasteiger partial charge in [0.25, 0.3) is 0 Å². The monoisotopic (exact) mass is 555 g/mol. The third-order valence-corrected chi connectivity index (χ3v) is 6.95. The Morgan fingerprint density at radius 1 is 0.939 bits per heavy atom. The van der Waals surface area contributed by atoms with Gasteiger partial charge in [-0.25, -0.2) is 9.59 Å². The van der Waals surface area contributed by atoms with Gasteiger partial charge in [0.2, 0.25) is 0 Å². The molecule has 0 saturated carbocycles. The van der Waals surface area contributed by atoms with E-state index in [2.05, 4.69) is 46.9 Å². The number of carbonyl (C=O) groups excluding carboxylic acids is 1. The summed E-state index contributed by atoms with van der Waals surface area (Å²) in [7, 11) is 0. The zero-order valence-electron chi connectivity index (χ0n) is 17.7. The highest BCUT2D eigenvalue weighted by Crippen LogP contribution is 2.44. The summed E-state index contributed by atoms with van der Waals surface area (Å²) < 4.78 is 12.7. The van der Waals surface area contributed by atoms with Crippen LogP contribution < -0.4 is 4.74 Å². The van der Waals surface area contributed by atoms with E-state index >= 15 is 0 Å². The Morgan fingerprint density at radius 2 is 1.55 bits per heavy atom. The molecule has 5 rings (SSSR count). The lowest BCUT2D eigenvalue weighted by Gasteiger charge is -2.22. The molecule has 2 aliphatic rings. The Balaban J connectivity index is 1.29. The van der Waals surface area contributed by atoms with Gasteiger partial charge in [-0.3, -0.25) is 4.90 Å². The van der Waals surface area contributed by atoms with E-state index in [1.807, 2.05) is 48.5 Å². The standard InChI is InChI=1S/C26H22INO5/c27-16-9-11-17(12-10-16)33-18-13-24(25(29)30)28(14-18)26(31)32-15-23-21-7-3-1-5-19(21)20-6-2-4-8-22(20)23/h1-12,18,23-24H,13-15H2,(H,29,30)/t18-,24+/m1/s1. The number of halogens is 1. The molecule has 1 fully saturated rings. The molecule has 1 aliphatic heterocycles. The summed E-state index contributed by atoms with van der Waals surface area (Å²) in [5, 5.41) is 9.69. The molecule has 1 N–H and O–H groups in total. The molecule has 2 atom stereocenters. The highest BCUT2D eigenvalue weighted by molar-refractivity contribution is 14.1. The summed E-state index contributed by atoms with van der Waals surface area (Å²) in [4.78, 5) is 26.1. The van der Waals surface area contributed by atoms with Gasteiger partial charge in [-0.2, -0.15) is 0 Å². The summed E-state index contributed by atoms with van der Waals surface area (Å²) in [6.45, 7) is 0.317. The van der Waals surface area contributed by atoms with Gasteiger partial charge in [0.15, 0.2) is 0 Å². The van der Waals surface area contributed by atoms with Crippen molar-refractivity contribution in [1.29, 1.82) is 0 Å². The predicted octanol–water partition coefficient (Wildman–Crippen LogP) is 5.15. The fourth-order valence-electron chi connectivity index (χ4n) is 4.70. The smallest absolute Gasteiger partial charge is 0.410 e. The van der Waals surface area contributed by atoms with E-state index in [4.69, 9.17) is 9.47 Å². The quantitative estimate of drug-likeness (QED) is 0.441. The average Bonchev–Trinajstić information content (AvgIpc) is 3.39. The van der Waals surface area contributed by atoms with E-state index < -0.39 is 24.2 Å². The molecule has 0 radical (unpaired) electrons. The van der Waals surface area contributed by atoms with Crippen LogP contribution in [0.4, 0.5) is 4.79 Å². The van der Waals surface area contributed by atoms with Crippen LogP contribution in [0.25, 0.3) is 11.1 Å². The van der Waals surface area contributed by atoms with Crippen molar-refractivity contribution in [2.75, 3.05) is 13.2 Å². The van der Waals surface area contributed by atoms with Gasteiger partial charge < -0.3 is 14.6 Å². The maximum Gasteiger partial charge on any atom is 0.410 e. The molecule has 1 amide bonds. The lowest BCUT2D eigenvalue weighted by molar-refractivity contribution is -0.141. The van der Waals surface area contributed by atoms with Crippen molar-refractivity contribution in [3.05, 3.63) is 87.5 Å². The molecule has 1 aliphatic carbocycles. The molecule has 1 heterocycles. The molecule has 168 valence electrons. The van der Waals surface area contributed by atoms with Crippen molar-refractivity contribution in [3.63, 3.8) is 0 Å². The molecule has 6 nitrogen and oxygen atoms in total. The van der Waals surface area contributed by atoms with E-state index in [0.717, 1.165) is 25.8 Å². The number of benzene rings is 3. The summed E-state index contributed by atoms with van der Waals surface area (Å²) in [6.07, 6.45) is -0.824. The third-order valence-electron chi connectivity index (χ3n) is 6.23. The lowest BCUT2D eigenvalue weighted by Crippen LogP contribution is -2.41. The molecule has 0 spiro atoms. The van der Waals surface area contributed by atoms with Crippen LogP contribution in [0.3, 0.4) is 0 Å². The number of carbonyl (C=O) groups is 2. The fraction of sp³-hybridized carbons (Fsp3) is 0.231. The number of hydrogen-bond acceptors (Lipinski definition) is 4. The number of hydrogen-bond donors (Lipinski definition) is 1. The number of ether oxygens (including phenoxy) is 2. The van der Waals surface area contributed by atoms with Crippen LogP contribution in [0, 0.1) is 3.57 Å². The second-order valence-electron chi connectivity index (χ2n) is 8.24. The van der Waals surface area contributed by atoms with Gasteiger partial charge in [0.05, 0.1) is 6.54 Å². The SMILES string of the molecule is O=C(O)[C@@H]1C[C@@H](Oc2ccc(I)cc2)CN1C(=O)OCC1c2ccccc2-c2ccccc21. The highest BCUT2D eigenvalue weighted by atomic mass is 127. The summed E-state index contributed by atoms with van der Waals surface area (Å²) in [6, 6.07) is 22.7. The Hall–Kier alpha value is -3.07. The van der Waals surface area contributed by atoms with E-state index in [9.17, 15) is 14.7 Å². The Bertz CT molecular complexity index is 1150. The second kappa shape index (κ2) is 9.05. The van der Waals surface area contributed by atoms with Crippen LogP contribution in [0.5, 0.6) is 5.75 Å². The van der Waals surface area contributed by atoms with E-state index in [0.29, 0.717) is 5.75 Å². The first-order chi connectivity index (χ1) is 16.0. The number of carboxylic acid groups (broad SMARTS) is 1. The maximum absolute atomic E-state index is 13.0. The minimum atomic E-state index is -1.06. The van der Waals surface area contributed by atoms with Gasteiger partial charge in [-0.05, 0) is 69.1 Å². The van der Waals surface area contributed by atoms with Crippen molar-refractivity contribution in [1.82, 2.24) is 4.90 Å². The average molecular weight is 555 g/mol. The number of fused-ring (bicyclic) bond motifs is 3. The normalized spacial score (nSPS) is 19.1. The molecule has 3 aromatic rings. The molecule has 33 heavy (non-hydrogen) atoms. The first kappa shape index (κ1) is 21.8. The van der Waals surface area contributed by atoms with Crippen molar-refractivity contribution >= 4 is 34.7 Å². The molecule has 3 aromatic carbocycles. The van der Waals surface area contributed by atoms with Crippen molar-refractivity contribution in [2.24, 2.45) is 0 Å². The van der Waals surface area contributed by atoms with Crippen LogP contribution in [-0.2, 0) is 9.53 Å². The van der Waals surface area contributed by atoms with Crippen LogP contribution >= 0.6 is 22.6 Å². The molecule has 7 heteroatoms. The maximum atomic E-state index is 13.0. The summed E-state index contributed by atoms with van der Waals surface area (Å²) >= 11 is 2.21. The third kappa shape index (κ3) is 4.29. The van der Waals surface area contributed by atoms with Crippen molar-refractivity contribution in [2.45, 2.75) is 24.5 Å². The highest BCUT2D eigenvalue weighted by Gasteiger charge is 2.42. The van der Waals surface area contributed by atoms with Crippen LogP contribution in [-0.4, -0.2) is 47.4 Å². The topological polar surface area (TPSA) is 76.1 Å². The van der Waals surface area contributed by atoms with Gasteiger partial charge in [-0.1, -0.05) is 48.5 Å². The largest absolute Gasteiger partial charge is 0.488 e. The first-order valence-electron chi connectivity index (χ1n) is 10.8. The molecule has 0 aromatic heterocycles. The number of likely N-dealkylation sites (tertiary alicyclic amines) is 1. The summed E-state index contributed by atoms with van der Waals surface area (Å²) in [5.74, 6) is -0.484. The van der Waals surface area contributed by atoms with Gasteiger partial charge in [0, 0.05) is 15.9 Å².